The Morgan fingerprint density at radius 2 is 1.58 bits per heavy atom. The molecule has 0 atom stereocenters. The van der Waals surface area contributed by atoms with Gasteiger partial charge in [-0.05, 0) is 49.2 Å². The maximum atomic E-state index is 13.5. The molecule has 0 radical (unpaired) electrons. The predicted octanol–water partition coefficient (Wildman–Crippen LogP) is 3.74. The van der Waals surface area contributed by atoms with Crippen molar-refractivity contribution in [2.45, 2.75) is 20.5 Å². The molecule has 0 aliphatic carbocycles. The average Bonchev–Trinajstić information content (AvgIpc) is 2.31. The highest BCUT2D eigenvalue weighted by atomic mass is 19.1. The molecule has 0 bridgehead atoms. The summed E-state index contributed by atoms with van der Waals surface area (Å²) >= 11 is 0. The van der Waals surface area contributed by atoms with Crippen molar-refractivity contribution >= 4 is 5.69 Å². The van der Waals surface area contributed by atoms with Crippen LogP contribution in [0.3, 0.4) is 0 Å². The third kappa shape index (κ3) is 2.84. The lowest BCUT2D eigenvalue weighted by atomic mass is 10.1. The van der Waals surface area contributed by atoms with Crippen molar-refractivity contribution in [1.82, 2.24) is 0 Å². The molecule has 100 valence electrons. The van der Waals surface area contributed by atoms with E-state index >= 15 is 0 Å². The topological polar surface area (TPSA) is 35.2 Å². The summed E-state index contributed by atoms with van der Waals surface area (Å²) in [5.41, 5.74) is 7.96. The Morgan fingerprint density at radius 3 is 2.11 bits per heavy atom. The van der Waals surface area contributed by atoms with Crippen molar-refractivity contribution < 1.29 is 13.5 Å². The van der Waals surface area contributed by atoms with E-state index in [0.29, 0.717) is 11.4 Å². The first-order valence-corrected chi connectivity index (χ1v) is 5.91. The molecule has 0 heterocycles. The van der Waals surface area contributed by atoms with Crippen molar-refractivity contribution in [2.75, 3.05) is 5.73 Å². The molecule has 0 spiro atoms. The predicted molar refractivity (Wildman–Crippen MR) is 71.0 cm³/mol. The highest BCUT2D eigenvalue weighted by molar-refractivity contribution is 5.52. The zero-order valence-corrected chi connectivity index (χ0v) is 10.8. The molecular formula is C15H15F2NO. The van der Waals surface area contributed by atoms with Gasteiger partial charge in [0.25, 0.3) is 0 Å². The molecule has 4 heteroatoms. The van der Waals surface area contributed by atoms with Gasteiger partial charge >= 0.3 is 0 Å². The van der Waals surface area contributed by atoms with Gasteiger partial charge in [0, 0.05) is 5.69 Å². The number of ether oxygens (including phenoxy) is 1. The highest BCUT2D eigenvalue weighted by Gasteiger charge is 2.11. The standard InChI is InChI=1S/C15H15F2NO/c1-9-6-11(18)7-10(2)15(9)19-8-12-13(16)4-3-5-14(12)17/h3-7H,8,18H2,1-2H3. The smallest absolute Gasteiger partial charge is 0.132 e. The molecule has 2 aromatic rings. The van der Waals surface area contributed by atoms with E-state index in [4.69, 9.17) is 10.5 Å². The molecule has 0 aromatic heterocycles. The van der Waals surface area contributed by atoms with E-state index in [-0.39, 0.29) is 12.2 Å². The van der Waals surface area contributed by atoms with Crippen molar-refractivity contribution in [3.8, 4) is 5.75 Å². The molecule has 0 saturated carbocycles. The molecule has 2 rings (SSSR count). The van der Waals surface area contributed by atoms with Crippen LogP contribution in [0, 0.1) is 25.5 Å². The normalized spacial score (nSPS) is 10.5. The van der Waals surface area contributed by atoms with Gasteiger partial charge in [-0.2, -0.15) is 0 Å². The Bertz CT molecular complexity index is 568. The van der Waals surface area contributed by atoms with Gasteiger partial charge < -0.3 is 10.5 Å². The zero-order chi connectivity index (χ0) is 14.0. The van der Waals surface area contributed by atoms with E-state index in [1.54, 1.807) is 12.1 Å². The van der Waals surface area contributed by atoms with Gasteiger partial charge in [0.15, 0.2) is 0 Å². The number of hydrogen-bond acceptors (Lipinski definition) is 2. The molecule has 0 fully saturated rings. The number of rotatable bonds is 3. The number of benzene rings is 2. The van der Waals surface area contributed by atoms with E-state index in [1.807, 2.05) is 13.8 Å². The number of nitrogens with two attached hydrogens (primary N) is 1. The lowest BCUT2D eigenvalue weighted by molar-refractivity contribution is 0.289. The van der Waals surface area contributed by atoms with Crippen LogP contribution in [0.25, 0.3) is 0 Å². The van der Waals surface area contributed by atoms with Crippen LogP contribution in [0.5, 0.6) is 5.75 Å². The van der Waals surface area contributed by atoms with Gasteiger partial charge in [-0.25, -0.2) is 8.78 Å². The molecule has 0 unspecified atom stereocenters. The maximum absolute atomic E-state index is 13.5. The summed E-state index contributed by atoms with van der Waals surface area (Å²) in [5.74, 6) is -0.603. The van der Waals surface area contributed by atoms with E-state index in [0.717, 1.165) is 11.1 Å². The second-order valence-electron chi connectivity index (χ2n) is 4.47. The van der Waals surface area contributed by atoms with E-state index in [1.165, 1.54) is 18.2 Å². The summed E-state index contributed by atoms with van der Waals surface area (Å²) in [6, 6.07) is 7.28. The first-order valence-electron chi connectivity index (χ1n) is 5.91. The number of halogens is 2. The number of aryl methyl sites for hydroxylation is 2. The Morgan fingerprint density at radius 1 is 1.05 bits per heavy atom. The third-order valence-electron chi connectivity index (χ3n) is 2.91. The van der Waals surface area contributed by atoms with Crippen molar-refractivity contribution in [2.24, 2.45) is 0 Å². The first-order chi connectivity index (χ1) is 8.99. The summed E-state index contributed by atoms with van der Waals surface area (Å²) in [5, 5.41) is 0. The molecular weight excluding hydrogens is 248 g/mol. The Kier molecular flexibility index (Phi) is 3.69. The van der Waals surface area contributed by atoms with Crippen LogP contribution >= 0.6 is 0 Å². The van der Waals surface area contributed by atoms with E-state index in [2.05, 4.69) is 0 Å². The van der Waals surface area contributed by atoms with Crippen LogP contribution in [-0.4, -0.2) is 0 Å². The summed E-state index contributed by atoms with van der Waals surface area (Å²) in [7, 11) is 0. The van der Waals surface area contributed by atoms with Gasteiger partial charge in [-0.1, -0.05) is 6.07 Å². The third-order valence-corrected chi connectivity index (χ3v) is 2.91. The lowest BCUT2D eigenvalue weighted by Crippen LogP contribution is -2.04. The molecule has 2 N–H and O–H groups in total. The van der Waals surface area contributed by atoms with Gasteiger partial charge in [-0.3, -0.25) is 0 Å². The van der Waals surface area contributed by atoms with Crippen LogP contribution in [-0.2, 0) is 6.61 Å². The fraction of sp³-hybridized carbons (Fsp3) is 0.200. The van der Waals surface area contributed by atoms with E-state index in [9.17, 15) is 8.78 Å². The quantitative estimate of drug-likeness (QED) is 0.856. The number of nitrogen functional groups attached to an aromatic ring is 1. The SMILES string of the molecule is Cc1cc(N)cc(C)c1OCc1c(F)cccc1F. The summed E-state index contributed by atoms with van der Waals surface area (Å²) in [6.45, 7) is 3.54. The zero-order valence-electron chi connectivity index (χ0n) is 10.8. The van der Waals surface area contributed by atoms with Crippen LogP contribution in [0.15, 0.2) is 30.3 Å². The van der Waals surface area contributed by atoms with Gasteiger partial charge in [0.05, 0.1) is 5.56 Å². The van der Waals surface area contributed by atoms with Gasteiger partial charge in [0.1, 0.15) is 24.0 Å². The molecule has 19 heavy (non-hydrogen) atoms. The molecule has 2 nitrogen and oxygen atoms in total. The minimum Gasteiger partial charge on any atom is -0.488 e. The Hall–Kier alpha value is -2.10. The summed E-state index contributed by atoms with van der Waals surface area (Å²) < 4.78 is 32.5. The second-order valence-corrected chi connectivity index (χ2v) is 4.47. The second kappa shape index (κ2) is 5.26. The van der Waals surface area contributed by atoms with Crippen molar-refractivity contribution in [3.63, 3.8) is 0 Å². The van der Waals surface area contributed by atoms with Crippen LogP contribution < -0.4 is 10.5 Å². The molecule has 2 aromatic carbocycles. The lowest BCUT2D eigenvalue weighted by Gasteiger charge is -2.13. The molecule has 0 amide bonds. The van der Waals surface area contributed by atoms with Crippen molar-refractivity contribution in [3.05, 3.63) is 58.7 Å². The minimum atomic E-state index is -0.606. The fourth-order valence-corrected chi connectivity index (χ4v) is 2.03. The van der Waals surface area contributed by atoms with Crippen LogP contribution in [0.1, 0.15) is 16.7 Å². The number of anilines is 1. The largest absolute Gasteiger partial charge is 0.488 e. The fourth-order valence-electron chi connectivity index (χ4n) is 2.03. The molecule has 0 aliphatic rings. The first kappa shape index (κ1) is 13.3. The highest BCUT2D eigenvalue weighted by Crippen LogP contribution is 2.27. The molecule has 0 aliphatic heterocycles. The Labute approximate surface area is 110 Å². The average molecular weight is 263 g/mol. The minimum absolute atomic E-state index is 0.0712. The summed E-state index contributed by atoms with van der Waals surface area (Å²) in [4.78, 5) is 0. The maximum Gasteiger partial charge on any atom is 0.132 e. The van der Waals surface area contributed by atoms with Gasteiger partial charge in [-0.15, -0.1) is 0 Å². The van der Waals surface area contributed by atoms with E-state index < -0.39 is 11.6 Å². The molecule has 0 saturated heterocycles. The number of hydrogen-bond donors (Lipinski definition) is 1. The van der Waals surface area contributed by atoms with Gasteiger partial charge in [0.2, 0.25) is 0 Å². The van der Waals surface area contributed by atoms with Crippen LogP contribution in [0.4, 0.5) is 14.5 Å². The monoisotopic (exact) mass is 263 g/mol. The van der Waals surface area contributed by atoms with Crippen molar-refractivity contribution in [1.29, 1.82) is 0 Å². The van der Waals surface area contributed by atoms with Crippen LogP contribution in [0.2, 0.25) is 0 Å². The Balaban J connectivity index is 2.24. The summed E-state index contributed by atoms with van der Waals surface area (Å²) in [6.07, 6.45) is 0.